The van der Waals surface area contributed by atoms with Crippen LogP contribution in [0.1, 0.15) is 23.7 Å². The second-order valence-corrected chi connectivity index (χ2v) is 3.70. The molecule has 1 aliphatic heterocycles. The molecule has 15 heavy (non-hydrogen) atoms. The van der Waals surface area contributed by atoms with Gasteiger partial charge in [0.1, 0.15) is 12.0 Å². The quantitative estimate of drug-likeness (QED) is 0.654. The first-order valence-corrected chi connectivity index (χ1v) is 4.88. The first-order chi connectivity index (χ1) is 7.22. The molecule has 1 aliphatic rings. The van der Waals surface area contributed by atoms with E-state index in [1.807, 2.05) is 37.3 Å². The molecule has 2 rings (SSSR count). The van der Waals surface area contributed by atoms with Crippen LogP contribution in [0.15, 0.2) is 24.3 Å². The molecule has 0 bridgehead atoms. The van der Waals surface area contributed by atoms with Crippen LogP contribution in [0.3, 0.4) is 0 Å². The van der Waals surface area contributed by atoms with Gasteiger partial charge in [-0.1, -0.05) is 24.3 Å². The average Bonchev–Trinajstić information content (AvgIpc) is 2.60. The second kappa shape index (κ2) is 3.74. The van der Waals surface area contributed by atoms with Crippen LogP contribution in [-0.4, -0.2) is 5.97 Å². The molecule has 0 amide bonds. The Balaban J connectivity index is 2.25. The average molecular weight is 201 g/mol. The maximum absolute atomic E-state index is 11.3. The summed E-state index contributed by atoms with van der Waals surface area (Å²) in [5.74, 6) is -1.000. The molecule has 0 N–H and O–H groups in total. The highest BCUT2D eigenvalue weighted by molar-refractivity contribution is 5.77. The summed E-state index contributed by atoms with van der Waals surface area (Å²) in [4.78, 5) is 11.3. The first-order valence-electron chi connectivity index (χ1n) is 4.88. The minimum atomic E-state index is -0.602. The molecule has 0 aromatic heterocycles. The van der Waals surface area contributed by atoms with Crippen LogP contribution < -0.4 is 0 Å². The summed E-state index contributed by atoms with van der Waals surface area (Å²) in [5, 5.41) is 8.72. The molecule has 0 aliphatic carbocycles. The van der Waals surface area contributed by atoms with Crippen molar-refractivity contribution in [3.05, 3.63) is 35.4 Å². The number of cyclic esters (lactones) is 1. The summed E-state index contributed by atoms with van der Waals surface area (Å²) in [6.07, 6.45) is 0.226. The number of carbonyl (C=O) groups excluding carboxylic acids is 1. The molecular weight excluding hydrogens is 190 g/mol. The van der Waals surface area contributed by atoms with Gasteiger partial charge in [0.2, 0.25) is 0 Å². The molecule has 0 radical (unpaired) electrons. The molecule has 1 aromatic carbocycles. The molecule has 2 atom stereocenters. The summed E-state index contributed by atoms with van der Waals surface area (Å²) >= 11 is 0. The van der Waals surface area contributed by atoms with Crippen LogP contribution in [0.25, 0.3) is 0 Å². The molecule has 1 saturated heterocycles. The van der Waals surface area contributed by atoms with Crippen LogP contribution in [-0.2, 0) is 9.53 Å². The first kappa shape index (κ1) is 9.72. The lowest BCUT2D eigenvalue weighted by Gasteiger charge is -2.11. The fourth-order valence-corrected chi connectivity index (χ4v) is 1.82. The monoisotopic (exact) mass is 201 g/mol. The van der Waals surface area contributed by atoms with Crippen molar-refractivity contribution in [2.45, 2.75) is 19.4 Å². The summed E-state index contributed by atoms with van der Waals surface area (Å²) in [5.41, 5.74) is 2.09. The van der Waals surface area contributed by atoms with E-state index in [0.29, 0.717) is 6.42 Å². The highest BCUT2D eigenvalue weighted by atomic mass is 16.5. The van der Waals surface area contributed by atoms with Crippen LogP contribution in [0.5, 0.6) is 0 Å². The van der Waals surface area contributed by atoms with Crippen molar-refractivity contribution in [3.8, 4) is 6.07 Å². The van der Waals surface area contributed by atoms with Gasteiger partial charge in [-0.25, -0.2) is 0 Å². The van der Waals surface area contributed by atoms with Crippen molar-refractivity contribution in [2.75, 3.05) is 0 Å². The summed E-state index contributed by atoms with van der Waals surface area (Å²) in [6, 6.07) is 9.73. The van der Waals surface area contributed by atoms with Crippen molar-refractivity contribution in [3.63, 3.8) is 0 Å². The van der Waals surface area contributed by atoms with Crippen molar-refractivity contribution in [2.24, 2.45) is 5.92 Å². The number of hydrogen-bond donors (Lipinski definition) is 0. The van der Waals surface area contributed by atoms with Gasteiger partial charge >= 0.3 is 5.97 Å². The third-order valence-corrected chi connectivity index (χ3v) is 2.68. The van der Waals surface area contributed by atoms with E-state index < -0.39 is 11.9 Å². The summed E-state index contributed by atoms with van der Waals surface area (Å²) < 4.78 is 5.17. The van der Waals surface area contributed by atoms with Crippen LogP contribution in [0.2, 0.25) is 0 Å². The number of ether oxygens (including phenoxy) is 1. The highest BCUT2D eigenvalue weighted by Gasteiger charge is 2.35. The van der Waals surface area contributed by atoms with Gasteiger partial charge in [0.05, 0.1) is 6.07 Å². The Bertz CT molecular complexity index is 433. The zero-order valence-corrected chi connectivity index (χ0v) is 8.43. The Labute approximate surface area is 88.3 Å². The number of rotatable bonds is 1. The van der Waals surface area contributed by atoms with E-state index in [9.17, 15) is 4.79 Å². The maximum Gasteiger partial charge on any atom is 0.324 e. The van der Waals surface area contributed by atoms with E-state index in [4.69, 9.17) is 10.00 Å². The van der Waals surface area contributed by atoms with E-state index in [1.165, 1.54) is 0 Å². The number of nitrogens with zero attached hydrogens (tertiary/aromatic N) is 1. The Morgan fingerprint density at radius 2 is 2.20 bits per heavy atom. The van der Waals surface area contributed by atoms with Crippen molar-refractivity contribution in [1.82, 2.24) is 0 Å². The Hall–Kier alpha value is -1.82. The van der Waals surface area contributed by atoms with E-state index in [2.05, 4.69) is 0 Å². The number of esters is 1. The summed E-state index contributed by atoms with van der Waals surface area (Å²) in [6.45, 7) is 1.98. The van der Waals surface area contributed by atoms with Crippen LogP contribution in [0, 0.1) is 24.2 Å². The lowest BCUT2D eigenvalue weighted by molar-refractivity contribution is -0.143. The van der Waals surface area contributed by atoms with E-state index in [1.54, 1.807) is 0 Å². The lowest BCUT2D eigenvalue weighted by atomic mass is 9.98. The number of benzene rings is 1. The molecule has 1 heterocycles. The summed E-state index contributed by atoms with van der Waals surface area (Å²) in [7, 11) is 0. The van der Waals surface area contributed by atoms with E-state index >= 15 is 0 Å². The highest BCUT2D eigenvalue weighted by Crippen LogP contribution is 2.34. The van der Waals surface area contributed by atoms with Crippen molar-refractivity contribution >= 4 is 5.97 Å². The largest absolute Gasteiger partial charge is 0.456 e. The zero-order valence-electron chi connectivity index (χ0n) is 8.43. The van der Waals surface area contributed by atoms with Gasteiger partial charge in [0.15, 0.2) is 0 Å². The Morgan fingerprint density at radius 3 is 2.80 bits per heavy atom. The SMILES string of the molecule is Cc1ccccc1C1CC(C#N)C(=O)O1. The molecule has 76 valence electrons. The fraction of sp³-hybridized carbons (Fsp3) is 0.333. The number of hydrogen-bond acceptors (Lipinski definition) is 3. The van der Waals surface area contributed by atoms with Gasteiger partial charge in [0, 0.05) is 6.42 Å². The molecule has 0 saturated carbocycles. The van der Waals surface area contributed by atoms with Gasteiger partial charge in [0.25, 0.3) is 0 Å². The van der Waals surface area contributed by atoms with Crippen LogP contribution in [0.4, 0.5) is 0 Å². The molecule has 2 unspecified atom stereocenters. The maximum atomic E-state index is 11.3. The van der Waals surface area contributed by atoms with Gasteiger partial charge in [-0.2, -0.15) is 5.26 Å². The Kier molecular flexibility index (Phi) is 2.42. The smallest absolute Gasteiger partial charge is 0.324 e. The van der Waals surface area contributed by atoms with Gasteiger partial charge in [-0.3, -0.25) is 4.79 Å². The predicted octanol–water partition coefficient (Wildman–Crippen LogP) is 2.12. The third kappa shape index (κ3) is 1.71. The Morgan fingerprint density at radius 1 is 1.47 bits per heavy atom. The topological polar surface area (TPSA) is 50.1 Å². The minimum absolute atomic E-state index is 0.247. The standard InChI is InChI=1S/C12H11NO2/c1-8-4-2-3-5-10(8)11-6-9(7-13)12(14)15-11/h2-5,9,11H,6H2,1H3. The van der Waals surface area contributed by atoms with Crippen molar-refractivity contribution in [1.29, 1.82) is 5.26 Å². The van der Waals surface area contributed by atoms with E-state index in [0.717, 1.165) is 11.1 Å². The fourth-order valence-electron chi connectivity index (χ4n) is 1.82. The van der Waals surface area contributed by atoms with E-state index in [-0.39, 0.29) is 6.10 Å². The van der Waals surface area contributed by atoms with Gasteiger partial charge < -0.3 is 4.74 Å². The molecule has 3 heteroatoms. The van der Waals surface area contributed by atoms with Gasteiger partial charge in [-0.05, 0) is 18.1 Å². The molecule has 1 aromatic rings. The molecule has 3 nitrogen and oxygen atoms in total. The number of nitriles is 1. The number of carbonyl (C=O) groups is 1. The van der Waals surface area contributed by atoms with Crippen LogP contribution >= 0.6 is 0 Å². The number of aryl methyl sites for hydroxylation is 1. The zero-order chi connectivity index (χ0) is 10.8. The van der Waals surface area contributed by atoms with Crippen molar-refractivity contribution < 1.29 is 9.53 Å². The predicted molar refractivity (Wildman–Crippen MR) is 53.7 cm³/mol. The minimum Gasteiger partial charge on any atom is -0.456 e. The molecule has 0 spiro atoms. The lowest BCUT2D eigenvalue weighted by Crippen LogP contribution is -2.03. The normalized spacial score (nSPS) is 24.7. The van der Waals surface area contributed by atoms with Gasteiger partial charge in [-0.15, -0.1) is 0 Å². The molecule has 1 fully saturated rings. The third-order valence-electron chi connectivity index (χ3n) is 2.68. The molecular formula is C12H11NO2. The second-order valence-electron chi connectivity index (χ2n) is 3.70.